The number of carbonyl (C=O) groups is 1. The Morgan fingerprint density at radius 1 is 0.970 bits per heavy atom. The van der Waals surface area contributed by atoms with Gasteiger partial charge in [-0.1, -0.05) is 53.5 Å². The molecule has 5 aliphatic rings. The molecule has 4 aromatic rings. The number of methoxy groups -OCH3 is 1. The smallest absolute Gasteiger partial charge is 0.410 e. The van der Waals surface area contributed by atoms with Gasteiger partial charge in [-0.3, -0.25) is 14.8 Å². The molecule has 1 aliphatic carbocycles. The van der Waals surface area contributed by atoms with Crippen molar-refractivity contribution in [3.05, 3.63) is 47.7 Å². The van der Waals surface area contributed by atoms with E-state index in [9.17, 15) is 13.6 Å². The average Bonchev–Trinajstić information content (AvgIpc) is 3.51. The summed E-state index contributed by atoms with van der Waals surface area (Å²) in [5.41, 5.74) is 2.40. The van der Waals surface area contributed by atoms with Gasteiger partial charge in [0.25, 0.3) is 5.92 Å². The number of aromatic nitrogens is 3. The molecule has 67 heavy (non-hydrogen) atoms. The number of benzene rings is 2. The third kappa shape index (κ3) is 8.18. The van der Waals surface area contributed by atoms with E-state index < -0.39 is 42.2 Å². The standard InChI is InChI=1S/C51H64F4N6O5Si/c1-30(2)67(31(3)4,32(5)6)19-16-37-40(52)15-12-33-20-36(65-29-63-10)21-38(41(33)37)43-42(53)44-39(22-56-43)45(59-23-34-13-14-35(24-59)61(34)47(62)66-48(7,8)9)58-46(57-44)64-28-50-17-11-18-60(50)27-49(25-50)26-51(49,54)55/h12,15,20-22,30-32,34-35H,11,13-14,17-18,23-29H2,1-10H3/t34-,35+,49-,50+/m1/s1. The van der Waals surface area contributed by atoms with Crippen LogP contribution < -0.4 is 14.4 Å². The van der Waals surface area contributed by atoms with Crippen molar-refractivity contribution in [2.24, 2.45) is 5.41 Å². The quantitative estimate of drug-likeness (QED) is 0.0625. The lowest BCUT2D eigenvalue weighted by Gasteiger charge is -2.42. The number of anilines is 1. The highest BCUT2D eigenvalue weighted by atomic mass is 28.3. The van der Waals surface area contributed by atoms with Gasteiger partial charge < -0.3 is 23.8 Å². The Labute approximate surface area is 392 Å². The van der Waals surface area contributed by atoms with Crippen LogP contribution in [0.15, 0.2) is 30.5 Å². The van der Waals surface area contributed by atoms with E-state index >= 15 is 8.78 Å². The topological polar surface area (TPSA) is 102 Å². The van der Waals surface area contributed by atoms with Gasteiger partial charge in [-0.05, 0) is 99.6 Å². The molecular weight excluding hydrogens is 881 g/mol. The van der Waals surface area contributed by atoms with Gasteiger partial charge in [0, 0.05) is 50.3 Å². The molecule has 0 N–H and O–H groups in total. The van der Waals surface area contributed by atoms with Crippen LogP contribution in [0.25, 0.3) is 32.9 Å². The maximum absolute atomic E-state index is 18.0. The zero-order valence-corrected chi connectivity index (χ0v) is 41.5. The van der Waals surface area contributed by atoms with Crippen LogP contribution >= 0.6 is 0 Å². The van der Waals surface area contributed by atoms with E-state index in [-0.39, 0.29) is 83.0 Å². The maximum atomic E-state index is 18.0. The van der Waals surface area contributed by atoms with Crippen LogP contribution in [0.5, 0.6) is 11.8 Å². The highest BCUT2D eigenvalue weighted by molar-refractivity contribution is 6.90. The molecule has 1 spiro atoms. The van der Waals surface area contributed by atoms with E-state index in [1.54, 1.807) is 18.2 Å². The van der Waals surface area contributed by atoms with Gasteiger partial charge in [0.05, 0.1) is 34.0 Å². The fourth-order valence-electron chi connectivity index (χ4n) is 12.4. The number of rotatable bonds is 11. The van der Waals surface area contributed by atoms with E-state index in [2.05, 4.69) is 57.9 Å². The Morgan fingerprint density at radius 3 is 2.28 bits per heavy atom. The molecule has 4 atom stereocenters. The Kier molecular flexibility index (Phi) is 12.0. The lowest BCUT2D eigenvalue weighted by atomic mass is 9.89. The fourth-order valence-corrected chi connectivity index (χ4v) is 17.6. The first-order chi connectivity index (χ1) is 31.6. The Hall–Kier alpha value is -4.72. The predicted molar refractivity (Wildman–Crippen MR) is 253 cm³/mol. The highest BCUT2D eigenvalue weighted by Gasteiger charge is 2.77. The van der Waals surface area contributed by atoms with Gasteiger partial charge in [-0.15, -0.1) is 5.54 Å². The summed E-state index contributed by atoms with van der Waals surface area (Å²) in [4.78, 5) is 33.9. The minimum atomic E-state index is -2.71. The number of pyridine rings is 1. The summed E-state index contributed by atoms with van der Waals surface area (Å²) in [6.45, 7) is 20.4. The summed E-state index contributed by atoms with van der Waals surface area (Å²) in [6.07, 6.45) is 4.38. The first-order valence-corrected chi connectivity index (χ1v) is 26.2. The number of amides is 1. The van der Waals surface area contributed by atoms with Crippen LogP contribution in [0.4, 0.5) is 28.2 Å². The lowest BCUT2D eigenvalue weighted by molar-refractivity contribution is 0.0122. The zero-order chi connectivity index (χ0) is 48.0. The molecule has 6 heterocycles. The highest BCUT2D eigenvalue weighted by Crippen LogP contribution is 2.69. The number of hydrogen-bond donors (Lipinski definition) is 0. The van der Waals surface area contributed by atoms with Crippen molar-refractivity contribution in [1.29, 1.82) is 0 Å². The van der Waals surface area contributed by atoms with Crippen LogP contribution in [-0.4, -0.2) is 115 Å². The van der Waals surface area contributed by atoms with E-state index in [4.69, 9.17) is 33.9 Å². The largest absolute Gasteiger partial charge is 0.468 e. The maximum Gasteiger partial charge on any atom is 0.410 e. The monoisotopic (exact) mass is 944 g/mol. The molecule has 2 bridgehead atoms. The molecule has 5 fully saturated rings. The van der Waals surface area contributed by atoms with E-state index in [1.165, 1.54) is 19.4 Å². The third-order valence-corrected chi connectivity index (χ3v) is 21.8. The first kappa shape index (κ1) is 47.3. The van der Waals surface area contributed by atoms with Gasteiger partial charge in [-0.2, -0.15) is 9.97 Å². The summed E-state index contributed by atoms with van der Waals surface area (Å²) < 4.78 is 87.5. The van der Waals surface area contributed by atoms with Crippen LogP contribution in [0, 0.1) is 28.5 Å². The number of nitrogens with zero attached hydrogens (tertiary/aromatic N) is 6. The number of fused-ring (bicyclic) bond motifs is 5. The Morgan fingerprint density at radius 2 is 1.66 bits per heavy atom. The predicted octanol–water partition coefficient (Wildman–Crippen LogP) is 10.9. The summed E-state index contributed by atoms with van der Waals surface area (Å²) >= 11 is 0. The van der Waals surface area contributed by atoms with Gasteiger partial charge in [0.2, 0.25) is 0 Å². The summed E-state index contributed by atoms with van der Waals surface area (Å²) in [6, 6.07) is 5.91. The fraction of sp³-hybridized carbons (Fsp3) is 0.608. The second kappa shape index (κ2) is 17.0. The SMILES string of the molecule is COCOc1cc(-c2ncc3c(N4C[C@H]5CC[C@@H](C4)N5C(=O)OC(C)(C)C)nc(OC[C@@]45CCCN4C[C@]4(CC4(F)F)C5)nc3c2F)c2c(C#C[Si](C(C)C)(C(C)C)C(C)C)c(F)ccc2c1. The molecule has 1 saturated carbocycles. The van der Waals surface area contributed by atoms with E-state index in [0.29, 0.717) is 66.7 Å². The molecule has 0 radical (unpaired) electrons. The average molecular weight is 945 g/mol. The van der Waals surface area contributed by atoms with Crippen molar-refractivity contribution in [2.45, 2.75) is 147 Å². The zero-order valence-electron chi connectivity index (χ0n) is 40.5. The number of alkyl halides is 2. The number of halogens is 4. The molecular formula is C51H64F4N6O5Si. The van der Waals surface area contributed by atoms with Gasteiger partial charge >= 0.3 is 12.1 Å². The van der Waals surface area contributed by atoms with Crippen molar-refractivity contribution in [2.75, 3.05) is 51.6 Å². The normalized spacial score (nSPS) is 24.6. The molecule has 2 aromatic heterocycles. The second-order valence-electron chi connectivity index (χ2n) is 21.8. The minimum Gasteiger partial charge on any atom is -0.468 e. The van der Waals surface area contributed by atoms with Gasteiger partial charge in [0.15, 0.2) is 12.6 Å². The molecule has 360 valence electrons. The molecule has 4 saturated heterocycles. The Bertz CT molecular complexity index is 2630. The van der Waals surface area contributed by atoms with Gasteiger partial charge in [-0.25, -0.2) is 22.4 Å². The second-order valence-corrected chi connectivity index (χ2v) is 27.3. The molecule has 16 heteroatoms. The van der Waals surface area contributed by atoms with Crippen molar-refractivity contribution < 1.29 is 41.3 Å². The van der Waals surface area contributed by atoms with E-state index in [0.717, 1.165) is 19.3 Å². The summed E-state index contributed by atoms with van der Waals surface area (Å²) in [5, 5.41) is 1.28. The molecule has 9 rings (SSSR count). The minimum absolute atomic E-state index is 0.0613. The summed E-state index contributed by atoms with van der Waals surface area (Å²) in [5.74, 6) is 0.0275. The van der Waals surface area contributed by atoms with Crippen molar-refractivity contribution in [1.82, 2.24) is 24.8 Å². The first-order valence-electron chi connectivity index (χ1n) is 23.9. The van der Waals surface area contributed by atoms with Crippen LogP contribution in [0.3, 0.4) is 0 Å². The molecule has 0 unspecified atom stereocenters. The van der Waals surface area contributed by atoms with Gasteiger partial charge in [0.1, 0.15) is 48.9 Å². The van der Waals surface area contributed by atoms with E-state index in [1.807, 2.05) is 30.6 Å². The van der Waals surface area contributed by atoms with Crippen molar-refractivity contribution >= 4 is 41.7 Å². The molecule has 11 nitrogen and oxygen atoms in total. The Balaban J connectivity index is 1.19. The summed E-state index contributed by atoms with van der Waals surface area (Å²) in [7, 11) is -0.851. The van der Waals surface area contributed by atoms with Crippen LogP contribution in [0.2, 0.25) is 16.6 Å². The molecule has 1 amide bonds. The number of ether oxygens (including phenoxy) is 4. The van der Waals surface area contributed by atoms with Crippen molar-refractivity contribution in [3.63, 3.8) is 0 Å². The number of piperazine rings is 1. The molecule has 4 aliphatic heterocycles. The third-order valence-electron chi connectivity index (χ3n) is 15.5. The van der Waals surface area contributed by atoms with Crippen molar-refractivity contribution in [3.8, 4) is 34.5 Å². The number of hydrogen-bond acceptors (Lipinski definition) is 10. The molecule has 2 aromatic carbocycles. The van der Waals surface area contributed by atoms with Crippen LogP contribution in [-0.2, 0) is 9.47 Å². The number of carbonyl (C=O) groups excluding carboxylic acids is 1. The lowest BCUT2D eigenvalue weighted by Crippen LogP contribution is -2.57. The van der Waals surface area contributed by atoms with Crippen LogP contribution in [0.1, 0.15) is 106 Å².